The average Bonchev–Trinajstić information content (AvgIpc) is 2.96. The van der Waals surface area contributed by atoms with Gasteiger partial charge in [-0.3, -0.25) is 9.20 Å². The highest BCUT2D eigenvalue weighted by molar-refractivity contribution is 5.94. The number of nitrogens with zero attached hydrogens (tertiary/aromatic N) is 2. The van der Waals surface area contributed by atoms with Crippen molar-refractivity contribution in [1.82, 2.24) is 9.38 Å². The van der Waals surface area contributed by atoms with Crippen molar-refractivity contribution in [2.45, 2.75) is 25.2 Å². The maximum atomic E-state index is 13.0. The number of hydrogen-bond acceptors (Lipinski definition) is 2. The molecule has 0 saturated heterocycles. The summed E-state index contributed by atoms with van der Waals surface area (Å²) in [5, 5.41) is 2.28. The van der Waals surface area contributed by atoms with Crippen LogP contribution in [0, 0.1) is 0 Å². The number of rotatable bonds is 4. The van der Waals surface area contributed by atoms with E-state index in [-0.39, 0.29) is 17.2 Å². The number of aromatic nitrogens is 2. The quantitative estimate of drug-likeness (QED) is 0.603. The van der Waals surface area contributed by atoms with E-state index in [9.17, 15) is 31.1 Å². The van der Waals surface area contributed by atoms with Gasteiger partial charge in [-0.05, 0) is 12.1 Å². The van der Waals surface area contributed by atoms with Crippen LogP contribution in [-0.4, -0.2) is 21.5 Å². The van der Waals surface area contributed by atoms with Crippen molar-refractivity contribution in [3.63, 3.8) is 0 Å². The molecule has 0 saturated carbocycles. The summed E-state index contributed by atoms with van der Waals surface area (Å²) in [4.78, 5) is 15.9. The monoisotopic (exact) mass is 401 g/mol. The Balaban J connectivity index is 2.03. The summed E-state index contributed by atoms with van der Waals surface area (Å²) in [7, 11) is 0. The van der Waals surface area contributed by atoms with Gasteiger partial charge in [0.05, 0.1) is 17.7 Å². The number of fused-ring (bicyclic) bond motifs is 1. The maximum absolute atomic E-state index is 13.0. The second-order valence-corrected chi connectivity index (χ2v) is 5.98. The lowest BCUT2D eigenvalue weighted by molar-refractivity contribution is -0.142. The molecule has 0 unspecified atom stereocenters. The molecular weight excluding hydrogens is 388 g/mol. The third-order valence-electron chi connectivity index (χ3n) is 3.89. The average molecular weight is 401 g/mol. The van der Waals surface area contributed by atoms with E-state index in [2.05, 4.69) is 10.3 Å². The van der Waals surface area contributed by atoms with Gasteiger partial charge in [0, 0.05) is 18.2 Å². The van der Waals surface area contributed by atoms with Crippen LogP contribution in [0.3, 0.4) is 0 Å². The number of hydrogen-bond donors (Lipinski definition) is 1. The van der Waals surface area contributed by atoms with Gasteiger partial charge in [0.1, 0.15) is 5.65 Å². The normalized spacial score (nSPS) is 12.4. The van der Waals surface area contributed by atoms with Crippen LogP contribution in [0.15, 0.2) is 48.7 Å². The highest BCUT2D eigenvalue weighted by Gasteiger charge is 2.32. The Morgan fingerprint density at radius 3 is 2.32 bits per heavy atom. The molecule has 10 heteroatoms. The van der Waals surface area contributed by atoms with Crippen molar-refractivity contribution in [3.8, 4) is 11.3 Å². The molecule has 0 aliphatic carbocycles. The predicted octanol–water partition coefficient (Wildman–Crippen LogP) is 5.30. The fraction of sp³-hybridized carbons (Fsp3) is 0.222. The fourth-order valence-electron chi connectivity index (χ4n) is 2.63. The van der Waals surface area contributed by atoms with Gasteiger partial charge >= 0.3 is 12.4 Å². The molecule has 0 fully saturated rings. The fourth-order valence-corrected chi connectivity index (χ4v) is 2.63. The van der Waals surface area contributed by atoms with Crippen LogP contribution < -0.4 is 5.32 Å². The number of nitrogens with one attached hydrogen (secondary N) is 1. The molecule has 28 heavy (non-hydrogen) atoms. The lowest BCUT2D eigenvalue weighted by atomic mass is 10.1. The first kappa shape index (κ1) is 19.7. The number of halogens is 6. The number of anilines is 1. The summed E-state index contributed by atoms with van der Waals surface area (Å²) in [5.74, 6) is -1.05. The van der Waals surface area contributed by atoms with Gasteiger partial charge < -0.3 is 5.32 Å². The Morgan fingerprint density at radius 2 is 1.71 bits per heavy atom. The minimum atomic E-state index is -4.59. The van der Waals surface area contributed by atoms with Crippen molar-refractivity contribution < 1.29 is 31.1 Å². The predicted molar refractivity (Wildman–Crippen MR) is 89.5 cm³/mol. The zero-order valence-corrected chi connectivity index (χ0v) is 14.1. The van der Waals surface area contributed by atoms with E-state index in [0.717, 1.165) is 18.3 Å². The molecule has 2 aromatic heterocycles. The van der Waals surface area contributed by atoms with E-state index in [4.69, 9.17) is 0 Å². The van der Waals surface area contributed by atoms with Crippen LogP contribution in [0.25, 0.3) is 16.9 Å². The van der Waals surface area contributed by atoms with Gasteiger partial charge in [-0.2, -0.15) is 26.3 Å². The molecule has 4 nitrogen and oxygen atoms in total. The minimum absolute atomic E-state index is 0.0974. The molecule has 148 valence electrons. The Kier molecular flexibility index (Phi) is 5.05. The van der Waals surface area contributed by atoms with E-state index < -0.39 is 36.7 Å². The molecular formula is C18H13F6N3O. The number of imidazole rings is 1. The van der Waals surface area contributed by atoms with Crippen molar-refractivity contribution in [1.29, 1.82) is 0 Å². The van der Waals surface area contributed by atoms with Crippen LogP contribution >= 0.6 is 0 Å². The van der Waals surface area contributed by atoms with Crippen LogP contribution in [0.1, 0.15) is 18.4 Å². The lowest BCUT2D eigenvalue weighted by Crippen LogP contribution is -2.17. The van der Waals surface area contributed by atoms with Crippen molar-refractivity contribution in [3.05, 3.63) is 54.2 Å². The van der Waals surface area contributed by atoms with Gasteiger partial charge in [0.25, 0.3) is 0 Å². The molecule has 1 N–H and O–H groups in total. The molecule has 0 radical (unpaired) electrons. The lowest BCUT2D eigenvalue weighted by Gasteiger charge is -2.09. The number of alkyl halides is 6. The van der Waals surface area contributed by atoms with Gasteiger partial charge in [-0.15, -0.1) is 0 Å². The van der Waals surface area contributed by atoms with Gasteiger partial charge in [0.15, 0.2) is 5.82 Å². The molecule has 1 aromatic carbocycles. The van der Waals surface area contributed by atoms with Crippen LogP contribution in [-0.2, 0) is 11.0 Å². The highest BCUT2D eigenvalue weighted by atomic mass is 19.4. The molecule has 3 rings (SSSR count). The van der Waals surface area contributed by atoms with Crippen LogP contribution in [0.2, 0.25) is 0 Å². The number of carbonyl (C=O) groups is 1. The summed E-state index contributed by atoms with van der Waals surface area (Å²) < 4.78 is 77.2. The first-order chi connectivity index (χ1) is 13.0. The van der Waals surface area contributed by atoms with E-state index >= 15 is 0 Å². The summed E-state index contributed by atoms with van der Waals surface area (Å²) in [6.07, 6.45) is -10.1. The van der Waals surface area contributed by atoms with Crippen LogP contribution in [0.4, 0.5) is 32.2 Å². The molecule has 1 amide bonds. The molecule has 0 aliphatic rings. The molecule has 3 aromatic rings. The Morgan fingerprint density at radius 1 is 1.04 bits per heavy atom. The topological polar surface area (TPSA) is 46.4 Å². The smallest absolute Gasteiger partial charge is 0.309 e. The number of amides is 1. The van der Waals surface area contributed by atoms with E-state index in [1.165, 1.54) is 4.40 Å². The van der Waals surface area contributed by atoms with Crippen molar-refractivity contribution in [2.24, 2.45) is 0 Å². The van der Waals surface area contributed by atoms with Gasteiger partial charge in [0.2, 0.25) is 5.91 Å². The molecule has 0 aliphatic heterocycles. The van der Waals surface area contributed by atoms with Gasteiger partial charge in [-0.1, -0.05) is 30.3 Å². The third kappa shape index (κ3) is 4.44. The first-order valence-corrected chi connectivity index (χ1v) is 8.06. The minimum Gasteiger partial charge on any atom is -0.309 e. The van der Waals surface area contributed by atoms with Crippen molar-refractivity contribution >= 4 is 17.4 Å². The van der Waals surface area contributed by atoms with Gasteiger partial charge in [-0.25, -0.2) is 4.98 Å². The molecule has 2 heterocycles. The second kappa shape index (κ2) is 7.17. The highest BCUT2D eigenvalue weighted by Crippen LogP contribution is 2.34. The molecule has 0 bridgehead atoms. The molecule has 0 spiro atoms. The Hall–Kier alpha value is -3.04. The standard InChI is InChI=1S/C18H13F6N3O/c19-17(20,21)8-6-14(28)26-16-15(11-4-2-1-3-5-11)27-9-7-12(18(22,23)24)10-13(27)25-16/h1-5,7,9-10H,6,8H2,(H,26,28). The van der Waals surface area contributed by atoms with Crippen molar-refractivity contribution in [2.75, 3.05) is 5.32 Å². The second-order valence-electron chi connectivity index (χ2n) is 5.98. The number of benzene rings is 1. The van der Waals surface area contributed by atoms with E-state index in [1.807, 2.05) is 0 Å². The largest absolute Gasteiger partial charge is 0.416 e. The summed E-state index contributed by atoms with van der Waals surface area (Å²) in [5.41, 5.74) is -0.232. The summed E-state index contributed by atoms with van der Waals surface area (Å²) in [6, 6.07) is 10.0. The van der Waals surface area contributed by atoms with Crippen LogP contribution in [0.5, 0.6) is 0 Å². The first-order valence-electron chi connectivity index (χ1n) is 8.06. The number of carbonyl (C=O) groups excluding carboxylic acids is 1. The number of pyridine rings is 1. The van der Waals surface area contributed by atoms with E-state index in [1.54, 1.807) is 30.3 Å². The maximum Gasteiger partial charge on any atom is 0.416 e. The summed E-state index contributed by atoms with van der Waals surface area (Å²) >= 11 is 0. The Bertz CT molecular complexity index is 992. The third-order valence-corrected chi connectivity index (χ3v) is 3.89. The molecule has 0 atom stereocenters. The SMILES string of the molecule is O=C(CCC(F)(F)F)Nc1nc2cc(C(F)(F)F)ccn2c1-c1ccccc1. The Labute approximate surface area is 154 Å². The summed E-state index contributed by atoms with van der Waals surface area (Å²) in [6.45, 7) is 0. The zero-order chi connectivity index (χ0) is 20.5. The zero-order valence-electron chi connectivity index (χ0n) is 14.1. The van der Waals surface area contributed by atoms with E-state index in [0.29, 0.717) is 5.56 Å².